The maximum Gasteiger partial charge on any atom is 0.191 e. The number of hydrogen-bond donors (Lipinski definition) is 2. The molecule has 1 unspecified atom stereocenters. The summed E-state index contributed by atoms with van der Waals surface area (Å²) >= 11 is 0. The van der Waals surface area contributed by atoms with Crippen LogP contribution in [0.2, 0.25) is 0 Å². The topological polar surface area (TPSA) is 48.9 Å². The minimum atomic E-state index is 0. The fraction of sp³-hybridized carbons (Fsp3) is 0.409. The number of guanidine groups is 1. The quantitative estimate of drug-likeness (QED) is 0.368. The van der Waals surface area contributed by atoms with Crippen molar-refractivity contribution in [1.29, 1.82) is 0 Å². The Morgan fingerprint density at radius 3 is 2.36 bits per heavy atom. The number of benzene rings is 2. The van der Waals surface area contributed by atoms with E-state index in [4.69, 9.17) is 4.74 Å². The van der Waals surface area contributed by atoms with E-state index in [-0.39, 0.29) is 24.0 Å². The highest BCUT2D eigenvalue weighted by molar-refractivity contribution is 14.0. The van der Waals surface area contributed by atoms with Gasteiger partial charge in [-0.3, -0.25) is 9.89 Å². The molecule has 1 fully saturated rings. The van der Waals surface area contributed by atoms with Gasteiger partial charge >= 0.3 is 0 Å². The second-order valence-corrected chi connectivity index (χ2v) is 6.87. The normalized spacial score (nSPS) is 16.1. The Labute approximate surface area is 185 Å². The molecule has 1 atom stereocenters. The number of nitrogens with one attached hydrogen (secondary N) is 2. The maximum absolute atomic E-state index is 5.54. The molecule has 1 heterocycles. The summed E-state index contributed by atoms with van der Waals surface area (Å²) < 4.78 is 5.54. The summed E-state index contributed by atoms with van der Waals surface area (Å²) in [5.74, 6) is 0.823. The highest BCUT2D eigenvalue weighted by Gasteiger charge is 2.22. The lowest BCUT2D eigenvalue weighted by Crippen LogP contribution is -2.46. The van der Waals surface area contributed by atoms with Gasteiger partial charge in [0.2, 0.25) is 0 Å². The third-order valence-electron chi connectivity index (χ3n) is 4.94. The molecule has 2 aromatic rings. The zero-order valence-corrected chi connectivity index (χ0v) is 19.1. The number of halogens is 1. The SMILES string of the molecule is CN=C(NCc1ccccc1)NCC(c1ccc(C)cc1)N1CCOCC1.I. The molecule has 0 saturated carbocycles. The molecule has 0 radical (unpaired) electrons. The highest BCUT2D eigenvalue weighted by atomic mass is 127. The first kappa shape index (κ1) is 22.6. The average molecular weight is 494 g/mol. The minimum Gasteiger partial charge on any atom is -0.379 e. The Bertz CT molecular complexity index is 715. The molecule has 3 rings (SSSR count). The van der Waals surface area contributed by atoms with E-state index in [1.807, 2.05) is 13.1 Å². The molecule has 152 valence electrons. The van der Waals surface area contributed by atoms with E-state index in [1.54, 1.807) is 0 Å². The van der Waals surface area contributed by atoms with Gasteiger partial charge in [0.05, 0.1) is 19.3 Å². The fourth-order valence-corrected chi connectivity index (χ4v) is 3.33. The molecule has 1 saturated heterocycles. The number of aliphatic imine (C=N–C) groups is 1. The Morgan fingerprint density at radius 2 is 1.71 bits per heavy atom. The molecule has 0 bridgehead atoms. The molecule has 1 aliphatic rings. The minimum absolute atomic E-state index is 0. The smallest absolute Gasteiger partial charge is 0.191 e. The molecule has 0 spiro atoms. The first-order chi connectivity index (χ1) is 13.3. The van der Waals surface area contributed by atoms with Crippen LogP contribution in [-0.2, 0) is 11.3 Å². The van der Waals surface area contributed by atoms with Gasteiger partial charge in [-0.2, -0.15) is 0 Å². The van der Waals surface area contributed by atoms with Crippen molar-refractivity contribution in [3.05, 3.63) is 71.3 Å². The van der Waals surface area contributed by atoms with Crippen molar-refractivity contribution < 1.29 is 4.74 Å². The van der Waals surface area contributed by atoms with Crippen molar-refractivity contribution in [3.63, 3.8) is 0 Å². The van der Waals surface area contributed by atoms with E-state index in [0.717, 1.165) is 45.4 Å². The number of aryl methyl sites for hydroxylation is 1. The van der Waals surface area contributed by atoms with E-state index in [9.17, 15) is 0 Å². The van der Waals surface area contributed by atoms with Crippen LogP contribution >= 0.6 is 24.0 Å². The molecule has 0 aliphatic carbocycles. The summed E-state index contributed by atoms with van der Waals surface area (Å²) in [7, 11) is 1.82. The lowest BCUT2D eigenvalue weighted by Gasteiger charge is -2.35. The highest BCUT2D eigenvalue weighted by Crippen LogP contribution is 2.21. The van der Waals surface area contributed by atoms with Crippen LogP contribution in [0.25, 0.3) is 0 Å². The second-order valence-electron chi connectivity index (χ2n) is 6.87. The van der Waals surface area contributed by atoms with Crippen LogP contribution in [0.5, 0.6) is 0 Å². The predicted octanol–water partition coefficient (Wildman–Crippen LogP) is 3.35. The molecular weight excluding hydrogens is 463 g/mol. The number of ether oxygens (including phenoxy) is 1. The predicted molar refractivity (Wildman–Crippen MR) is 126 cm³/mol. The molecule has 1 aliphatic heterocycles. The lowest BCUT2D eigenvalue weighted by molar-refractivity contribution is 0.0170. The van der Waals surface area contributed by atoms with Gasteiger partial charge < -0.3 is 15.4 Å². The van der Waals surface area contributed by atoms with Gasteiger partial charge in [-0.25, -0.2) is 0 Å². The van der Waals surface area contributed by atoms with Crippen LogP contribution in [0.4, 0.5) is 0 Å². The van der Waals surface area contributed by atoms with Crippen LogP contribution < -0.4 is 10.6 Å². The monoisotopic (exact) mass is 494 g/mol. The number of hydrogen-bond acceptors (Lipinski definition) is 3. The standard InChI is InChI=1S/C22H30N4O.HI/c1-18-8-10-20(11-9-18)21(26-12-14-27-15-13-26)17-25-22(23-2)24-16-19-6-4-3-5-7-19;/h3-11,21H,12-17H2,1-2H3,(H2,23,24,25);1H. The summed E-state index contributed by atoms with van der Waals surface area (Å²) in [4.78, 5) is 6.87. The molecule has 2 N–H and O–H groups in total. The van der Waals surface area contributed by atoms with E-state index in [1.165, 1.54) is 16.7 Å². The Balaban J connectivity index is 0.00000280. The zero-order valence-electron chi connectivity index (χ0n) is 16.7. The molecule has 0 amide bonds. The van der Waals surface area contributed by atoms with Crippen LogP contribution in [0.15, 0.2) is 59.6 Å². The molecular formula is C22H31IN4O. The summed E-state index contributed by atoms with van der Waals surface area (Å²) in [6, 6.07) is 19.5. The first-order valence-corrected chi connectivity index (χ1v) is 9.63. The van der Waals surface area contributed by atoms with Crippen LogP contribution in [0.3, 0.4) is 0 Å². The van der Waals surface area contributed by atoms with Crippen molar-refractivity contribution in [2.24, 2.45) is 4.99 Å². The van der Waals surface area contributed by atoms with Gasteiger partial charge in [0, 0.05) is 33.2 Å². The Morgan fingerprint density at radius 1 is 1.04 bits per heavy atom. The van der Waals surface area contributed by atoms with Crippen LogP contribution in [-0.4, -0.2) is 50.8 Å². The van der Waals surface area contributed by atoms with E-state index in [2.05, 4.69) is 76.0 Å². The summed E-state index contributed by atoms with van der Waals surface area (Å²) in [6.45, 7) is 7.19. The average Bonchev–Trinajstić information content (AvgIpc) is 2.73. The third-order valence-corrected chi connectivity index (χ3v) is 4.94. The van der Waals surface area contributed by atoms with E-state index in [0.29, 0.717) is 6.04 Å². The summed E-state index contributed by atoms with van der Waals surface area (Å²) in [5.41, 5.74) is 3.85. The van der Waals surface area contributed by atoms with E-state index >= 15 is 0 Å². The molecule has 6 heteroatoms. The Hall–Kier alpha value is -1.64. The second kappa shape index (κ2) is 12.0. The van der Waals surface area contributed by atoms with Gasteiger partial charge in [-0.15, -0.1) is 24.0 Å². The third kappa shape index (κ3) is 6.76. The van der Waals surface area contributed by atoms with Crippen LogP contribution in [0, 0.1) is 6.92 Å². The molecule has 28 heavy (non-hydrogen) atoms. The maximum atomic E-state index is 5.54. The number of morpholine rings is 1. The number of nitrogens with zero attached hydrogens (tertiary/aromatic N) is 2. The summed E-state index contributed by atoms with van der Waals surface area (Å²) in [5, 5.41) is 6.91. The van der Waals surface area contributed by atoms with E-state index < -0.39 is 0 Å². The van der Waals surface area contributed by atoms with Crippen molar-refractivity contribution in [2.75, 3.05) is 39.9 Å². The zero-order chi connectivity index (χ0) is 18.9. The first-order valence-electron chi connectivity index (χ1n) is 9.63. The van der Waals surface area contributed by atoms with Gasteiger partial charge in [0.15, 0.2) is 5.96 Å². The Kier molecular flexibility index (Phi) is 9.73. The molecule has 0 aromatic heterocycles. The summed E-state index contributed by atoms with van der Waals surface area (Å²) in [6.07, 6.45) is 0. The van der Waals surface area contributed by atoms with Gasteiger partial charge in [-0.05, 0) is 18.1 Å². The van der Waals surface area contributed by atoms with Crippen molar-refractivity contribution >= 4 is 29.9 Å². The lowest BCUT2D eigenvalue weighted by atomic mass is 10.0. The van der Waals surface area contributed by atoms with Gasteiger partial charge in [-0.1, -0.05) is 60.2 Å². The van der Waals surface area contributed by atoms with Gasteiger partial charge in [0.25, 0.3) is 0 Å². The largest absolute Gasteiger partial charge is 0.379 e. The van der Waals surface area contributed by atoms with Crippen molar-refractivity contribution in [3.8, 4) is 0 Å². The van der Waals surface area contributed by atoms with Crippen molar-refractivity contribution in [2.45, 2.75) is 19.5 Å². The van der Waals surface area contributed by atoms with Crippen LogP contribution in [0.1, 0.15) is 22.7 Å². The molecule has 5 nitrogen and oxygen atoms in total. The number of rotatable bonds is 6. The molecule has 2 aromatic carbocycles. The van der Waals surface area contributed by atoms with Gasteiger partial charge in [0.1, 0.15) is 0 Å². The van der Waals surface area contributed by atoms with Crippen molar-refractivity contribution in [1.82, 2.24) is 15.5 Å². The fourth-order valence-electron chi connectivity index (χ4n) is 3.33.